The minimum atomic E-state index is -4.52. The van der Waals surface area contributed by atoms with Gasteiger partial charge >= 0.3 is 5.97 Å². The first-order chi connectivity index (χ1) is 6.73. The topological polar surface area (TPSA) is 71.4 Å². The van der Waals surface area contributed by atoms with Gasteiger partial charge in [0.05, 0.1) is 5.56 Å². The van der Waals surface area contributed by atoms with Crippen LogP contribution in [-0.2, 0) is 9.05 Å². The van der Waals surface area contributed by atoms with Crippen molar-refractivity contribution < 1.29 is 27.1 Å². The molecule has 8 heteroatoms. The van der Waals surface area contributed by atoms with Crippen LogP contribution < -0.4 is 0 Å². The fourth-order valence-electron chi connectivity index (χ4n) is 0.865. The highest BCUT2D eigenvalue weighted by Crippen LogP contribution is 2.22. The fraction of sp³-hybridized carbons (Fsp3) is 0. The molecule has 1 aromatic rings. The van der Waals surface area contributed by atoms with E-state index in [0.717, 1.165) is 0 Å². The molecule has 0 aromatic heterocycles. The summed E-state index contributed by atoms with van der Waals surface area (Å²) >= 11 is 0. The van der Waals surface area contributed by atoms with Crippen molar-refractivity contribution in [1.82, 2.24) is 0 Å². The predicted molar refractivity (Wildman–Crippen MR) is 46.4 cm³/mol. The fourth-order valence-corrected chi connectivity index (χ4v) is 1.78. The van der Waals surface area contributed by atoms with Crippen molar-refractivity contribution in [1.29, 1.82) is 0 Å². The highest BCUT2D eigenvalue weighted by molar-refractivity contribution is 8.13. The average Bonchev–Trinajstić information content (AvgIpc) is 2.06. The molecule has 0 radical (unpaired) electrons. The summed E-state index contributed by atoms with van der Waals surface area (Å²) in [6.07, 6.45) is 0. The van der Waals surface area contributed by atoms with E-state index in [4.69, 9.17) is 15.8 Å². The molecule has 4 nitrogen and oxygen atoms in total. The van der Waals surface area contributed by atoms with Crippen LogP contribution in [0.5, 0.6) is 0 Å². The molecule has 0 bridgehead atoms. The zero-order valence-electron chi connectivity index (χ0n) is 6.87. The molecule has 0 aliphatic carbocycles. The van der Waals surface area contributed by atoms with Crippen LogP contribution in [-0.4, -0.2) is 19.5 Å². The second kappa shape index (κ2) is 3.74. The lowest BCUT2D eigenvalue weighted by Crippen LogP contribution is -2.04. The summed E-state index contributed by atoms with van der Waals surface area (Å²) in [7, 11) is 0.267. The van der Waals surface area contributed by atoms with Gasteiger partial charge in [-0.1, -0.05) is 0 Å². The first kappa shape index (κ1) is 11.9. The lowest BCUT2D eigenvalue weighted by Gasteiger charge is -2.01. The zero-order chi connectivity index (χ0) is 11.8. The second-order valence-electron chi connectivity index (χ2n) is 2.51. The van der Waals surface area contributed by atoms with Gasteiger partial charge in [0, 0.05) is 10.7 Å². The van der Waals surface area contributed by atoms with Crippen molar-refractivity contribution in [2.75, 3.05) is 0 Å². The Kier molecular flexibility index (Phi) is 2.96. The molecule has 1 N–H and O–H groups in total. The van der Waals surface area contributed by atoms with E-state index in [-0.39, 0.29) is 0 Å². The van der Waals surface area contributed by atoms with E-state index in [1.807, 2.05) is 0 Å². The van der Waals surface area contributed by atoms with E-state index in [0.29, 0.717) is 12.1 Å². The molecule has 0 saturated heterocycles. The molecule has 0 unspecified atom stereocenters. The number of carboxylic acid groups (broad SMARTS) is 1. The number of benzene rings is 1. The molecule has 82 valence electrons. The Labute approximate surface area is 87.5 Å². The van der Waals surface area contributed by atoms with Crippen LogP contribution in [0.15, 0.2) is 17.0 Å². The molecular formula is C7H3ClF2O4S. The molecule has 1 rings (SSSR count). The van der Waals surface area contributed by atoms with Gasteiger partial charge in [0.15, 0.2) is 11.6 Å². The predicted octanol–water partition coefficient (Wildman–Crippen LogP) is 1.59. The average molecular weight is 257 g/mol. The Morgan fingerprint density at radius 1 is 1.33 bits per heavy atom. The van der Waals surface area contributed by atoms with E-state index in [1.54, 1.807) is 0 Å². The van der Waals surface area contributed by atoms with Gasteiger partial charge in [0.1, 0.15) is 4.90 Å². The molecule has 0 spiro atoms. The van der Waals surface area contributed by atoms with E-state index in [1.165, 1.54) is 0 Å². The first-order valence-corrected chi connectivity index (χ1v) is 5.71. The third-order valence-corrected chi connectivity index (χ3v) is 2.83. The first-order valence-electron chi connectivity index (χ1n) is 3.40. The van der Waals surface area contributed by atoms with Crippen LogP contribution in [0.1, 0.15) is 10.4 Å². The quantitative estimate of drug-likeness (QED) is 0.816. The van der Waals surface area contributed by atoms with Crippen molar-refractivity contribution in [3.63, 3.8) is 0 Å². The van der Waals surface area contributed by atoms with Crippen molar-refractivity contribution in [2.24, 2.45) is 0 Å². The van der Waals surface area contributed by atoms with Crippen molar-refractivity contribution in [3.8, 4) is 0 Å². The number of rotatable bonds is 2. The minimum Gasteiger partial charge on any atom is -0.478 e. The van der Waals surface area contributed by atoms with Crippen LogP contribution in [0.4, 0.5) is 8.78 Å². The highest BCUT2D eigenvalue weighted by Gasteiger charge is 2.22. The van der Waals surface area contributed by atoms with Gasteiger partial charge in [-0.2, -0.15) is 0 Å². The van der Waals surface area contributed by atoms with E-state index >= 15 is 0 Å². The largest absolute Gasteiger partial charge is 0.478 e. The molecule has 0 atom stereocenters. The number of carbonyl (C=O) groups is 1. The number of halogens is 3. The second-order valence-corrected chi connectivity index (χ2v) is 5.05. The molecule has 0 amide bonds. The van der Waals surface area contributed by atoms with Gasteiger partial charge in [0.25, 0.3) is 9.05 Å². The Morgan fingerprint density at radius 3 is 2.27 bits per heavy atom. The molecule has 15 heavy (non-hydrogen) atoms. The maximum absolute atomic E-state index is 12.9. The van der Waals surface area contributed by atoms with Crippen LogP contribution >= 0.6 is 10.7 Å². The summed E-state index contributed by atoms with van der Waals surface area (Å²) < 4.78 is 47.2. The standard InChI is InChI=1S/C7H3ClF2O4S/c8-15(13,14)5-2-3(7(11)12)1-4(9)6(5)10/h1-2H,(H,11,12). The number of hydrogen-bond acceptors (Lipinski definition) is 3. The van der Waals surface area contributed by atoms with E-state index < -0.39 is 37.1 Å². The maximum Gasteiger partial charge on any atom is 0.335 e. The number of hydrogen-bond donors (Lipinski definition) is 1. The van der Waals surface area contributed by atoms with Gasteiger partial charge < -0.3 is 5.11 Å². The van der Waals surface area contributed by atoms with E-state index in [2.05, 4.69) is 0 Å². The minimum absolute atomic E-state index is 0.364. The van der Waals surface area contributed by atoms with Crippen molar-refractivity contribution >= 4 is 25.7 Å². The van der Waals surface area contributed by atoms with Crippen LogP contribution in [0, 0.1) is 11.6 Å². The van der Waals surface area contributed by atoms with Crippen LogP contribution in [0.2, 0.25) is 0 Å². The summed E-state index contributed by atoms with van der Waals surface area (Å²) in [6, 6.07) is 0.812. The van der Waals surface area contributed by atoms with Crippen molar-refractivity contribution in [3.05, 3.63) is 29.3 Å². The van der Waals surface area contributed by atoms with Gasteiger partial charge in [0.2, 0.25) is 0 Å². The lowest BCUT2D eigenvalue weighted by molar-refractivity contribution is 0.0696. The molecule has 0 heterocycles. The number of aromatic carboxylic acids is 1. The zero-order valence-corrected chi connectivity index (χ0v) is 8.44. The molecule has 0 aliphatic heterocycles. The molecular weight excluding hydrogens is 254 g/mol. The number of carboxylic acids is 1. The van der Waals surface area contributed by atoms with E-state index in [9.17, 15) is 22.0 Å². The summed E-state index contributed by atoms with van der Waals surface area (Å²) in [6.45, 7) is 0. The van der Waals surface area contributed by atoms with Gasteiger partial charge in [-0.05, 0) is 12.1 Å². The van der Waals surface area contributed by atoms with Crippen LogP contribution in [0.25, 0.3) is 0 Å². The molecule has 0 aliphatic rings. The summed E-state index contributed by atoms with van der Waals surface area (Å²) in [4.78, 5) is 9.22. The monoisotopic (exact) mass is 256 g/mol. The van der Waals surface area contributed by atoms with Gasteiger partial charge in [-0.3, -0.25) is 0 Å². The summed E-state index contributed by atoms with van der Waals surface area (Å²) in [5, 5.41) is 8.46. The maximum atomic E-state index is 12.9. The van der Waals surface area contributed by atoms with Gasteiger partial charge in [-0.15, -0.1) is 0 Å². The Hall–Kier alpha value is -1.21. The molecule has 0 fully saturated rings. The molecule has 0 saturated carbocycles. The highest BCUT2D eigenvalue weighted by atomic mass is 35.7. The SMILES string of the molecule is O=C(O)c1cc(F)c(F)c(S(=O)(=O)Cl)c1. The Morgan fingerprint density at radius 2 is 1.87 bits per heavy atom. The molecule has 1 aromatic carbocycles. The Bertz CT molecular complexity index is 526. The Balaban J connectivity index is 3.59. The third-order valence-electron chi connectivity index (χ3n) is 1.50. The third kappa shape index (κ3) is 2.42. The summed E-state index contributed by atoms with van der Waals surface area (Å²) in [5.74, 6) is -4.88. The normalized spacial score (nSPS) is 11.4. The van der Waals surface area contributed by atoms with Crippen molar-refractivity contribution in [2.45, 2.75) is 4.90 Å². The smallest absolute Gasteiger partial charge is 0.335 e. The van der Waals surface area contributed by atoms with Crippen LogP contribution in [0.3, 0.4) is 0 Å². The summed E-state index contributed by atoms with van der Waals surface area (Å²) in [5.41, 5.74) is -0.701. The lowest BCUT2D eigenvalue weighted by atomic mass is 10.2. The van der Waals surface area contributed by atoms with Gasteiger partial charge in [-0.25, -0.2) is 22.0 Å².